The Hall–Kier alpha value is -3.28. The Labute approximate surface area is 130 Å². The van der Waals surface area contributed by atoms with Gasteiger partial charge in [0.15, 0.2) is 5.58 Å². The molecule has 0 aliphatic carbocycles. The van der Waals surface area contributed by atoms with Crippen LogP contribution in [0.4, 0.5) is 5.69 Å². The molecule has 0 fully saturated rings. The summed E-state index contributed by atoms with van der Waals surface area (Å²) in [6, 6.07) is 12.5. The molecule has 0 spiro atoms. The van der Waals surface area contributed by atoms with Crippen LogP contribution in [0, 0.1) is 0 Å². The minimum absolute atomic E-state index is 0.207. The van der Waals surface area contributed by atoms with Crippen molar-refractivity contribution < 1.29 is 9.21 Å². The summed E-state index contributed by atoms with van der Waals surface area (Å²) in [5, 5.41) is 3.83. The quantitative estimate of drug-likeness (QED) is 0.597. The van der Waals surface area contributed by atoms with Gasteiger partial charge in [-0.25, -0.2) is 4.79 Å². The molecule has 6 heteroatoms. The molecule has 114 valence electrons. The molecule has 0 aliphatic rings. The van der Waals surface area contributed by atoms with Crippen LogP contribution in [0.1, 0.15) is 10.4 Å². The molecule has 0 radical (unpaired) electrons. The summed E-state index contributed by atoms with van der Waals surface area (Å²) in [6.45, 7) is 0. The molecule has 2 aromatic heterocycles. The number of aryl methyl sites for hydroxylation is 1. The maximum Gasteiger partial charge on any atom is 0.417 e. The number of amides is 1. The van der Waals surface area contributed by atoms with E-state index in [1.807, 2.05) is 36.0 Å². The Morgan fingerprint density at radius 3 is 2.91 bits per heavy atom. The van der Waals surface area contributed by atoms with Crippen LogP contribution in [0.3, 0.4) is 0 Å². The van der Waals surface area contributed by atoms with Crippen LogP contribution in [0.15, 0.2) is 57.9 Å². The topological polar surface area (TPSA) is 80.0 Å². The van der Waals surface area contributed by atoms with Crippen molar-refractivity contribution >= 4 is 33.6 Å². The summed E-state index contributed by atoms with van der Waals surface area (Å²) >= 11 is 0. The molecule has 2 heterocycles. The van der Waals surface area contributed by atoms with Gasteiger partial charge in [-0.3, -0.25) is 9.78 Å². The van der Waals surface area contributed by atoms with Crippen LogP contribution in [0.25, 0.3) is 22.0 Å². The highest BCUT2D eigenvalue weighted by Crippen LogP contribution is 2.19. The first-order chi connectivity index (χ1) is 11.1. The number of oxazole rings is 1. The summed E-state index contributed by atoms with van der Waals surface area (Å²) in [5.74, 6) is -0.723. The zero-order valence-corrected chi connectivity index (χ0v) is 12.3. The summed E-state index contributed by atoms with van der Waals surface area (Å²) in [6.07, 6.45) is 1.95. The average Bonchev–Trinajstić information content (AvgIpc) is 3.08. The summed E-state index contributed by atoms with van der Waals surface area (Å²) in [5.41, 5.74) is 3.24. The summed E-state index contributed by atoms with van der Waals surface area (Å²) < 4.78 is 6.94. The van der Waals surface area contributed by atoms with Gasteiger partial charge in [0.1, 0.15) is 0 Å². The normalized spacial score (nSPS) is 11.2. The number of nitrogens with zero attached hydrogens (tertiary/aromatic N) is 1. The molecule has 0 bridgehead atoms. The fraction of sp³-hybridized carbons (Fsp3) is 0.0588. The molecular formula is C17H13N3O3. The third-order valence-electron chi connectivity index (χ3n) is 3.82. The lowest BCUT2D eigenvalue weighted by atomic mass is 10.1. The first-order valence-corrected chi connectivity index (χ1v) is 7.09. The Morgan fingerprint density at radius 2 is 2.04 bits per heavy atom. The van der Waals surface area contributed by atoms with Crippen LogP contribution in [0.2, 0.25) is 0 Å². The van der Waals surface area contributed by atoms with Crippen molar-refractivity contribution in [2.45, 2.75) is 0 Å². The van der Waals surface area contributed by atoms with E-state index in [4.69, 9.17) is 4.42 Å². The van der Waals surface area contributed by atoms with Crippen LogP contribution in [-0.2, 0) is 7.05 Å². The van der Waals surface area contributed by atoms with E-state index >= 15 is 0 Å². The second kappa shape index (κ2) is 4.88. The number of hydrogen-bond acceptors (Lipinski definition) is 3. The molecule has 4 rings (SSSR count). The van der Waals surface area contributed by atoms with E-state index in [2.05, 4.69) is 10.3 Å². The molecule has 0 saturated carbocycles. The van der Waals surface area contributed by atoms with Crippen molar-refractivity contribution in [3.63, 3.8) is 0 Å². The summed E-state index contributed by atoms with van der Waals surface area (Å²) in [7, 11) is 1.96. The van der Waals surface area contributed by atoms with Gasteiger partial charge in [-0.2, -0.15) is 0 Å². The van der Waals surface area contributed by atoms with Crippen molar-refractivity contribution in [1.29, 1.82) is 0 Å². The molecule has 0 atom stereocenters. The molecule has 2 aromatic carbocycles. The monoisotopic (exact) mass is 307 g/mol. The predicted molar refractivity (Wildman–Crippen MR) is 87.7 cm³/mol. The number of hydrogen-bond donors (Lipinski definition) is 2. The lowest BCUT2D eigenvalue weighted by Crippen LogP contribution is -2.11. The second-order valence-corrected chi connectivity index (χ2v) is 5.38. The number of carbonyl (C=O) groups excluding carboxylic acids is 1. The van der Waals surface area contributed by atoms with E-state index in [0.29, 0.717) is 22.4 Å². The number of aromatic nitrogens is 2. The van der Waals surface area contributed by atoms with Gasteiger partial charge in [-0.15, -0.1) is 0 Å². The first kappa shape index (κ1) is 13.4. The number of benzene rings is 2. The smallest absolute Gasteiger partial charge is 0.408 e. The molecule has 23 heavy (non-hydrogen) atoms. The van der Waals surface area contributed by atoms with Crippen LogP contribution in [0.5, 0.6) is 0 Å². The highest BCUT2D eigenvalue weighted by atomic mass is 16.4. The van der Waals surface area contributed by atoms with Crippen molar-refractivity contribution in [3.05, 3.63) is 64.8 Å². The minimum Gasteiger partial charge on any atom is -0.408 e. The SMILES string of the molecule is Cn1ccc2cc(C(=O)Nc3ccc4oc(=O)[nH]c4c3)ccc21. The number of rotatable bonds is 2. The van der Waals surface area contributed by atoms with Crippen molar-refractivity contribution in [2.24, 2.45) is 7.05 Å². The number of H-pyrrole nitrogens is 1. The molecule has 0 unspecified atom stereocenters. The lowest BCUT2D eigenvalue weighted by molar-refractivity contribution is 0.102. The number of anilines is 1. The fourth-order valence-electron chi connectivity index (χ4n) is 2.66. The van der Waals surface area contributed by atoms with Gasteiger partial charge in [-0.1, -0.05) is 0 Å². The zero-order chi connectivity index (χ0) is 16.0. The highest BCUT2D eigenvalue weighted by Gasteiger charge is 2.09. The third-order valence-corrected chi connectivity index (χ3v) is 3.82. The van der Waals surface area contributed by atoms with Crippen molar-refractivity contribution in [3.8, 4) is 0 Å². The maximum absolute atomic E-state index is 12.4. The number of aromatic amines is 1. The predicted octanol–water partition coefficient (Wildman–Crippen LogP) is 2.87. The van der Waals surface area contributed by atoms with Crippen LogP contribution < -0.4 is 11.1 Å². The minimum atomic E-state index is -0.516. The summed E-state index contributed by atoms with van der Waals surface area (Å²) in [4.78, 5) is 26.1. The van der Waals surface area contributed by atoms with E-state index < -0.39 is 5.76 Å². The van der Waals surface area contributed by atoms with Crippen LogP contribution in [-0.4, -0.2) is 15.5 Å². The average molecular weight is 307 g/mol. The fourth-order valence-corrected chi connectivity index (χ4v) is 2.66. The Bertz CT molecular complexity index is 1100. The standard InChI is InChI=1S/C17H13N3O3/c1-20-7-6-10-8-11(2-4-14(10)20)16(21)18-12-3-5-15-13(9-12)19-17(22)23-15/h2-9H,1H3,(H,18,21)(H,19,22). The molecule has 2 N–H and O–H groups in total. The largest absolute Gasteiger partial charge is 0.417 e. The van der Waals surface area contributed by atoms with Crippen LogP contribution >= 0.6 is 0 Å². The molecule has 0 saturated heterocycles. The lowest BCUT2D eigenvalue weighted by Gasteiger charge is -2.06. The van der Waals surface area contributed by atoms with Gasteiger partial charge in [0.25, 0.3) is 5.91 Å². The second-order valence-electron chi connectivity index (χ2n) is 5.38. The molecule has 6 nitrogen and oxygen atoms in total. The van der Waals surface area contributed by atoms with E-state index in [0.717, 1.165) is 10.9 Å². The van der Waals surface area contributed by atoms with Crippen molar-refractivity contribution in [2.75, 3.05) is 5.32 Å². The third kappa shape index (κ3) is 2.30. The van der Waals surface area contributed by atoms with Gasteiger partial charge < -0.3 is 14.3 Å². The molecule has 1 amide bonds. The van der Waals surface area contributed by atoms with Crippen molar-refractivity contribution in [1.82, 2.24) is 9.55 Å². The molecule has 0 aliphatic heterocycles. The van der Waals surface area contributed by atoms with E-state index in [1.165, 1.54) is 0 Å². The van der Waals surface area contributed by atoms with Gasteiger partial charge in [0, 0.05) is 35.4 Å². The van der Waals surface area contributed by atoms with Gasteiger partial charge >= 0.3 is 5.76 Å². The first-order valence-electron chi connectivity index (χ1n) is 7.09. The zero-order valence-electron chi connectivity index (χ0n) is 12.3. The Balaban J connectivity index is 1.65. The number of nitrogens with one attached hydrogen (secondary N) is 2. The number of carbonyl (C=O) groups is 1. The van der Waals surface area contributed by atoms with Gasteiger partial charge in [0.05, 0.1) is 5.52 Å². The maximum atomic E-state index is 12.4. The van der Waals surface area contributed by atoms with E-state index in [9.17, 15) is 9.59 Å². The molecule has 4 aromatic rings. The highest BCUT2D eigenvalue weighted by molar-refractivity contribution is 6.06. The Morgan fingerprint density at radius 1 is 1.17 bits per heavy atom. The van der Waals surface area contributed by atoms with Gasteiger partial charge in [0.2, 0.25) is 0 Å². The van der Waals surface area contributed by atoms with E-state index in [-0.39, 0.29) is 5.91 Å². The Kier molecular flexibility index (Phi) is 2.84. The van der Waals surface area contributed by atoms with E-state index in [1.54, 1.807) is 24.3 Å². The number of fused-ring (bicyclic) bond motifs is 2. The van der Waals surface area contributed by atoms with Gasteiger partial charge in [-0.05, 0) is 42.5 Å². The molecular weight excluding hydrogens is 294 g/mol.